The Bertz CT molecular complexity index is 1070. The number of fused-ring (bicyclic) bond motifs is 5. The van der Waals surface area contributed by atoms with E-state index in [1.807, 2.05) is 18.2 Å². The molecular weight excluding hydrogens is 480 g/mol. The van der Waals surface area contributed by atoms with Gasteiger partial charge >= 0.3 is 0 Å². The lowest BCUT2D eigenvalue weighted by Crippen LogP contribution is -2.56. The molecule has 4 bridgehead atoms. The molecule has 0 aromatic heterocycles. The lowest BCUT2D eigenvalue weighted by molar-refractivity contribution is -0.157. The highest BCUT2D eigenvalue weighted by Gasteiger charge is 2.44. The number of aromatic hydroxyl groups is 1. The van der Waals surface area contributed by atoms with Crippen LogP contribution in [0.2, 0.25) is 0 Å². The summed E-state index contributed by atoms with van der Waals surface area (Å²) in [5, 5.41) is 62.2. The Labute approximate surface area is 216 Å². The number of aliphatic hydroxyl groups excluding tert-OH is 5. The van der Waals surface area contributed by atoms with E-state index in [2.05, 4.69) is 0 Å². The molecule has 0 saturated heterocycles. The largest absolute Gasteiger partial charge is 0.507 e. The van der Waals surface area contributed by atoms with Crippen LogP contribution in [0.3, 0.4) is 0 Å². The topological polar surface area (TPSA) is 149 Å². The first-order chi connectivity index (χ1) is 17.8. The van der Waals surface area contributed by atoms with Gasteiger partial charge in [-0.25, -0.2) is 0 Å². The van der Waals surface area contributed by atoms with Crippen LogP contribution in [-0.4, -0.2) is 82.0 Å². The van der Waals surface area contributed by atoms with E-state index in [4.69, 9.17) is 14.2 Å². The molecule has 0 amide bonds. The van der Waals surface area contributed by atoms with Gasteiger partial charge in [0, 0.05) is 23.7 Å². The summed E-state index contributed by atoms with van der Waals surface area (Å²) in [7, 11) is 2.97. The Morgan fingerprint density at radius 3 is 2.27 bits per heavy atom. The molecule has 0 spiro atoms. The molecule has 37 heavy (non-hydrogen) atoms. The van der Waals surface area contributed by atoms with Crippen molar-refractivity contribution in [2.45, 2.75) is 75.5 Å². The van der Waals surface area contributed by atoms with E-state index in [0.29, 0.717) is 48.3 Å². The van der Waals surface area contributed by atoms with Gasteiger partial charge in [0.15, 0.2) is 11.5 Å². The quantitative estimate of drug-likeness (QED) is 0.349. The summed E-state index contributed by atoms with van der Waals surface area (Å²) in [4.78, 5) is 0. The molecule has 2 aliphatic rings. The Morgan fingerprint density at radius 2 is 1.57 bits per heavy atom. The number of phenols is 1. The van der Waals surface area contributed by atoms with Crippen molar-refractivity contribution in [1.82, 2.24) is 0 Å². The maximum absolute atomic E-state index is 10.8. The van der Waals surface area contributed by atoms with Crippen LogP contribution >= 0.6 is 0 Å². The SMILES string of the molecule is COc1c2cc(c(OC3CC(CO)C(O)C(O)C3O)c1OC)CCCCC(O)CCc1ccc(O)c-2c1. The molecule has 2 aromatic rings. The van der Waals surface area contributed by atoms with E-state index in [1.54, 1.807) is 6.07 Å². The van der Waals surface area contributed by atoms with Crippen LogP contribution in [0.5, 0.6) is 23.0 Å². The first kappa shape index (κ1) is 27.5. The molecule has 6 atom stereocenters. The summed E-state index contributed by atoms with van der Waals surface area (Å²) in [5.41, 5.74) is 2.90. The molecule has 2 aromatic carbocycles. The van der Waals surface area contributed by atoms with E-state index in [0.717, 1.165) is 24.0 Å². The smallest absolute Gasteiger partial charge is 0.204 e. The first-order valence-corrected chi connectivity index (χ1v) is 12.9. The van der Waals surface area contributed by atoms with Gasteiger partial charge in [0.2, 0.25) is 5.75 Å². The molecule has 4 rings (SSSR count). The molecule has 6 N–H and O–H groups in total. The van der Waals surface area contributed by atoms with Crippen LogP contribution in [0.15, 0.2) is 24.3 Å². The van der Waals surface area contributed by atoms with E-state index in [1.165, 1.54) is 14.2 Å². The fraction of sp³-hybridized carbons (Fsp3) is 0.571. The van der Waals surface area contributed by atoms with E-state index in [-0.39, 0.29) is 24.5 Å². The summed E-state index contributed by atoms with van der Waals surface area (Å²) < 4.78 is 17.8. The monoisotopic (exact) mass is 518 g/mol. The second kappa shape index (κ2) is 11.9. The van der Waals surface area contributed by atoms with Gasteiger partial charge in [0.1, 0.15) is 24.1 Å². The van der Waals surface area contributed by atoms with Crippen LogP contribution in [-0.2, 0) is 12.8 Å². The zero-order valence-corrected chi connectivity index (χ0v) is 21.3. The van der Waals surface area contributed by atoms with Gasteiger partial charge < -0.3 is 44.8 Å². The molecule has 6 unspecified atom stereocenters. The standard InChI is InChI=1S/C28H38O9/c1-35-27-20-12-16(5-3-4-6-18(30)9-7-15-8-10-21(31)19(20)11-15)26(28(27)36-2)37-22-13-17(14-29)23(32)25(34)24(22)33/h8,10-12,17-18,22-25,29-34H,3-7,9,13-14H2,1-2H3. The summed E-state index contributed by atoms with van der Waals surface area (Å²) >= 11 is 0. The Morgan fingerprint density at radius 1 is 0.811 bits per heavy atom. The first-order valence-electron chi connectivity index (χ1n) is 12.9. The minimum atomic E-state index is -1.48. The maximum Gasteiger partial charge on any atom is 0.204 e. The number of benzene rings is 2. The summed E-state index contributed by atoms with van der Waals surface area (Å²) in [6, 6.07) is 7.24. The molecule has 0 aliphatic heterocycles. The van der Waals surface area contributed by atoms with Gasteiger partial charge in [0.25, 0.3) is 0 Å². The van der Waals surface area contributed by atoms with Crippen molar-refractivity contribution >= 4 is 0 Å². The highest BCUT2D eigenvalue weighted by Crippen LogP contribution is 2.50. The molecule has 1 saturated carbocycles. The maximum atomic E-state index is 10.8. The predicted molar refractivity (Wildman–Crippen MR) is 136 cm³/mol. The number of aryl methyl sites for hydroxylation is 2. The number of phenolic OH excluding ortho intramolecular Hbond substituents is 1. The molecule has 2 aliphatic carbocycles. The van der Waals surface area contributed by atoms with Crippen molar-refractivity contribution in [2.75, 3.05) is 20.8 Å². The van der Waals surface area contributed by atoms with Gasteiger partial charge in [-0.05, 0) is 67.9 Å². The fourth-order valence-corrected chi connectivity index (χ4v) is 5.44. The fourth-order valence-electron chi connectivity index (χ4n) is 5.44. The molecule has 0 heterocycles. The second-order valence-electron chi connectivity index (χ2n) is 10.1. The van der Waals surface area contributed by atoms with Crippen molar-refractivity contribution in [3.8, 4) is 34.1 Å². The third-order valence-corrected chi connectivity index (χ3v) is 7.63. The number of methoxy groups -OCH3 is 2. The minimum absolute atomic E-state index is 0.0738. The van der Waals surface area contributed by atoms with Crippen molar-refractivity contribution in [3.63, 3.8) is 0 Å². The summed E-state index contributed by atoms with van der Waals surface area (Å²) in [6.45, 7) is -0.366. The van der Waals surface area contributed by atoms with Crippen LogP contribution in [0.25, 0.3) is 11.1 Å². The third kappa shape index (κ3) is 5.66. The molecule has 1 fully saturated rings. The van der Waals surface area contributed by atoms with Gasteiger partial charge in [0.05, 0.1) is 26.4 Å². The number of ether oxygens (including phenoxy) is 3. The highest BCUT2D eigenvalue weighted by molar-refractivity contribution is 5.81. The number of hydrogen-bond acceptors (Lipinski definition) is 9. The van der Waals surface area contributed by atoms with Gasteiger partial charge in [-0.3, -0.25) is 0 Å². The number of aliphatic hydroxyl groups is 5. The number of rotatable bonds is 5. The molecule has 9 heteroatoms. The van der Waals surface area contributed by atoms with Crippen molar-refractivity contribution in [1.29, 1.82) is 0 Å². The molecule has 0 radical (unpaired) electrons. The second-order valence-corrected chi connectivity index (χ2v) is 10.1. The highest BCUT2D eigenvalue weighted by atomic mass is 16.5. The van der Waals surface area contributed by atoms with Crippen molar-refractivity contribution in [3.05, 3.63) is 35.4 Å². The van der Waals surface area contributed by atoms with Crippen LogP contribution in [0.4, 0.5) is 0 Å². The predicted octanol–water partition coefficient (Wildman–Crippen LogP) is 1.94. The van der Waals surface area contributed by atoms with Gasteiger partial charge in [-0.1, -0.05) is 12.5 Å². The summed E-state index contributed by atoms with van der Waals surface area (Å²) in [5.74, 6) is 0.362. The lowest BCUT2D eigenvalue weighted by Gasteiger charge is -2.40. The molecule has 204 valence electrons. The van der Waals surface area contributed by atoms with E-state index in [9.17, 15) is 30.6 Å². The Balaban J connectivity index is 1.84. The zero-order chi connectivity index (χ0) is 26.7. The van der Waals surface area contributed by atoms with Crippen molar-refractivity contribution in [2.24, 2.45) is 5.92 Å². The van der Waals surface area contributed by atoms with Gasteiger partial charge in [-0.15, -0.1) is 0 Å². The number of hydrogen-bond donors (Lipinski definition) is 6. The normalized spacial score (nSPS) is 28.4. The lowest BCUT2D eigenvalue weighted by atomic mass is 9.81. The van der Waals surface area contributed by atoms with Crippen LogP contribution in [0.1, 0.15) is 43.2 Å². The third-order valence-electron chi connectivity index (χ3n) is 7.63. The van der Waals surface area contributed by atoms with E-state index < -0.39 is 36.4 Å². The van der Waals surface area contributed by atoms with E-state index >= 15 is 0 Å². The Kier molecular flexibility index (Phi) is 8.82. The minimum Gasteiger partial charge on any atom is -0.507 e. The molecule has 9 nitrogen and oxygen atoms in total. The Hall–Kier alpha value is -2.56. The van der Waals surface area contributed by atoms with Crippen LogP contribution < -0.4 is 14.2 Å². The average molecular weight is 519 g/mol. The van der Waals surface area contributed by atoms with Crippen molar-refractivity contribution < 1.29 is 44.8 Å². The summed E-state index contributed by atoms with van der Waals surface area (Å²) in [6.07, 6.45) is -1.31. The van der Waals surface area contributed by atoms with Crippen LogP contribution in [0, 0.1) is 5.92 Å². The van der Waals surface area contributed by atoms with Gasteiger partial charge in [-0.2, -0.15) is 0 Å². The average Bonchev–Trinajstić information content (AvgIpc) is 2.91. The molecular formula is C28H38O9. The zero-order valence-electron chi connectivity index (χ0n) is 21.3.